The van der Waals surface area contributed by atoms with Crippen LogP contribution in [0.15, 0.2) is 0 Å². The average molecular weight is 327 g/mol. The van der Waals surface area contributed by atoms with Gasteiger partial charge in [0.15, 0.2) is 0 Å². The summed E-state index contributed by atoms with van der Waals surface area (Å²) in [5.74, 6) is 0. The van der Waals surface area contributed by atoms with E-state index in [0.717, 1.165) is 6.54 Å². The SMILES string of the molecule is CCCCCCCCCCNCCCCCCCCCCCN. The molecule has 0 aliphatic rings. The zero-order chi connectivity index (χ0) is 16.8. The van der Waals surface area contributed by atoms with E-state index in [4.69, 9.17) is 5.73 Å². The van der Waals surface area contributed by atoms with Crippen LogP contribution < -0.4 is 11.1 Å². The molecule has 23 heavy (non-hydrogen) atoms. The van der Waals surface area contributed by atoms with E-state index >= 15 is 0 Å². The Kier molecular flexibility index (Phi) is 21.8. The fourth-order valence-electron chi connectivity index (χ4n) is 3.14. The van der Waals surface area contributed by atoms with Crippen LogP contribution in [0.2, 0.25) is 0 Å². The van der Waals surface area contributed by atoms with Crippen molar-refractivity contribution in [2.24, 2.45) is 5.73 Å². The average Bonchev–Trinajstić information content (AvgIpc) is 2.57. The van der Waals surface area contributed by atoms with Gasteiger partial charge in [-0.3, -0.25) is 0 Å². The molecular formula is C21H46N2. The minimum absolute atomic E-state index is 0.867. The van der Waals surface area contributed by atoms with E-state index in [1.54, 1.807) is 0 Å². The summed E-state index contributed by atoms with van der Waals surface area (Å²) in [6, 6.07) is 0. The summed E-state index contributed by atoms with van der Waals surface area (Å²) < 4.78 is 0. The van der Waals surface area contributed by atoms with Crippen molar-refractivity contribution in [3.05, 3.63) is 0 Å². The first-order valence-electron chi connectivity index (χ1n) is 10.8. The second-order valence-electron chi connectivity index (χ2n) is 7.20. The minimum Gasteiger partial charge on any atom is -0.330 e. The standard InChI is InChI=1S/C21H46N2/c1-2-3-4-5-6-11-14-17-20-23-21-18-15-12-9-7-8-10-13-16-19-22/h23H,2-22H2,1H3. The second kappa shape index (κ2) is 21.9. The van der Waals surface area contributed by atoms with Gasteiger partial charge in [-0.2, -0.15) is 0 Å². The molecule has 0 radical (unpaired) electrons. The van der Waals surface area contributed by atoms with Crippen LogP contribution in [0.25, 0.3) is 0 Å². The molecule has 0 fully saturated rings. The van der Waals surface area contributed by atoms with Crippen molar-refractivity contribution in [1.29, 1.82) is 0 Å². The van der Waals surface area contributed by atoms with Crippen molar-refractivity contribution in [3.8, 4) is 0 Å². The van der Waals surface area contributed by atoms with E-state index in [1.165, 1.54) is 122 Å². The second-order valence-corrected chi connectivity index (χ2v) is 7.20. The van der Waals surface area contributed by atoms with Crippen LogP contribution in [0.3, 0.4) is 0 Å². The Bertz CT molecular complexity index is 174. The molecule has 0 aliphatic heterocycles. The molecule has 3 N–H and O–H groups in total. The van der Waals surface area contributed by atoms with Crippen molar-refractivity contribution in [2.75, 3.05) is 19.6 Å². The van der Waals surface area contributed by atoms with Gasteiger partial charge in [-0.15, -0.1) is 0 Å². The fraction of sp³-hybridized carbons (Fsp3) is 1.00. The van der Waals surface area contributed by atoms with Crippen molar-refractivity contribution in [1.82, 2.24) is 5.32 Å². The molecule has 0 unspecified atom stereocenters. The minimum atomic E-state index is 0.867. The molecule has 0 aromatic heterocycles. The molecule has 0 aromatic rings. The van der Waals surface area contributed by atoms with Gasteiger partial charge in [0, 0.05) is 0 Å². The third-order valence-corrected chi connectivity index (χ3v) is 4.76. The largest absolute Gasteiger partial charge is 0.330 e. The van der Waals surface area contributed by atoms with Crippen LogP contribution in [0, 0.1) is 0 Å². The molecular weight excluding hydrogens is 280 g/mol. The lowest BCUT2D eigenvalue weighted by Gasteiger charge is -2.05. The molecule has 0 spiro atoms. The number of hydrogen-bond donors (Lipinski definition) is 2. The molecule has 0 aromatic carbocycles. The molecule has 0 heterocycles. The summed E-state index contributed by atoms with van der Waals surface area (Å²) in [4.78, 5) is 0. The lowest BCUT2D eigenvalue weighted by atomic mass is 10.1. The highest BCUT2D eigenvalue weighted by Gasteiger charge is 1.94. The summed E-state index contributed by atoms with van der Waals surface area (Å²) in [5.41, 5.74) is 5.50. The van der Waals surface area contributed by atoms with E-state index in [-0.39, 0.29) is 0 Å². The number of hydrogen-bond acceptors (Lipinski definition) is 2. The van der Waals surface area contributed by atoms with Crippen molar-refractivity contribution in [2.45, 2.75) is 116 Å². The summed E-state index contributed by atoms with van der Waals surface area (Å²) >= 11 is 0. The molecule has 140 valence electrons. The van der Waals surface area contributed by atoms with Gasteiger partial charge in [0.25, 0.3) is 0 Å². The highest BCUT2D eigenvalue weighted by molar-refractivity contribution is 4.52. The fourth-order valence-corrected chi connectivity index (χ4v) is 3.14. The maximum Gasteiger partial charge on any atom is -0.00489 e. The van der Waals surface area contributed by atoms with Gasteiger partial charge in [-0.05, 0) is 38.9 Å². The Balaban J connectivity index is 2.92. The molecule has 2 heteroatoms. The lowest BCUT2D eigenvalue weighted by Crippen LogP contribution is -2.16. The summed E-state index contributed by atoms with van der Waals surface area (Å²) in [6.45, 7) is 5.62. The van der Waals surface area contributed by atoms with Crippen LogP contribution in [0.5, 0.6) is 0 Å². The Hall–Kier alpha value is -0.0800. The van der Waals surface area contributed by atoms with Crippen molar-refractivity contribution in [3.63, 3.8) is 0 Å². The summed E-state index contributed by atoms with van der Waals surface area (Å²) in [7, 11) is 0. The zero-order valence-electron chi connectivity index (χ0n) is 16.2. The van der Waals surface area contributed by atoms with Gasteiger partial charge < -0.3 is 11.1 Å². The Morgan fingerprint density at radius 2 is 0.826 bits per heavy atom. The van der Waals surface area contributed by atoms with E-state index in [1.807, 2.05) is 0 Å². The Morgan fingerprint density at radius 3 is 1.22 bits per heavy atom. The molecule has 0 bridgehead atoms. The van der Waals surface area contributed by atoms with Gasteiger partial charge in [0.1, 0.15) is 0 Å². The van der Waals surface area contributed by atoms with E-state index in [0.29, 0.717) is 0 Å². The van der Waals surface area contributed by atoms with Gasteiger partial charge >= 0.3 is 0 Å². The third kappa shape index (κ3) is 21.9. The molecule has 0 saturated heterocycles. The predicted octanol–water partition coefficient (Wildman–Crippen LogP) is 6.19. The molecule has 0 rings (SSSR count). The number of rotatable bonds is 20. The first kappa shape index (κ1) is 22.9. The van der Waals surface area contributed by atoms with E-state index < -0.39 is 0 Å². The van der Waals surface area contributed by atoms with Crippen molar-refractivity contribution < 1.29 is 0 Å². The quantitative estimate of drug-likeness (QED) is 0.262. The van der Waals surface area contributed by atoms with Gasteiger partial charge in [-0.1, -0.05) is 96.8 Å². The Morgan fingerprint density at radius 1 is 0.478 bits per heavy atom. The van der Waals surface area contributed by atoms with Crippen LogP contribution >= 0.6 is 0 Å². The molecule has 0 aliphatic carbocycles. The predicted molar refractivity (Wildman–Crippen MR) is 106 cm³/mol. The zero-order valence-corrected chi connectivity index (χ0v) is 16.2. The van der Waals surface area contributed by atoms with Crippen LogP contribution in [0.1, 0.15) is 116 Å². The normalized spacial score (nSPS) is 11.2. The monoisotopic (exact) mass is 326 g/mol. The third-order valence-electron chi connectivity index (χ3n) is 4.76. The molecule has 2 nitrogen and oxygen atoms in total. The van der Waals surface area contributed by atoms with E-state index in [2.05, 4.69) is 12.2 Å². The molecule has 0 amide bonds. The highest BCUT2D eigenvalue weighted by Crippen LogP contribution is 2.09. The smallest absolute Gasteiger partial charge is 0.00489 e. The summed E-state index contributed by atoms with van der Waals surface area (Å²) in [6.07, 6.45) is 23.8. The first-order valence-corrected chi connectivity index (χ1v) is 10.8. The van der Waals surface area contributed by atoms with Crippen LogP contribution in [-0.4, -0.2) is 19.6 Å². The summed E-state index contributed by atoms with van der Waals surface area (Å²) in [5, 5.41) is 3.61. The van der Waals surface area contributed by atoms with Crippen molar-refractivity contribution >= 4 is 0 Å². The highest BCUT2D eigenvalue weighted by atomic mass is 14.8. The lowest BCUT2D eigenvalue weighted by molar-refractivity contribution is 0.529. The number of unbranched alkanes of at least 4 members (excludes halogenated alkanes) is 15. The van der Waals surface area contributed by atoms with Crippen LogP contribution in [-0.2, 0) is 0 Å². The van der Waals surface area contributed by atoms with E-state index in [9.17, 15) is 0 Å². The van der Waals surface area contributed by atoms with Crippen LogP contribution in [0.4, 0.5) is 0 Å². The topological polar surface area (TPSA) is 38.0 Å². The number of nitrogens with two attached hydrogens (primary N) is 1. The maximum absolute atomic E-state index is 5.50. The number of nitrogens with one attached hydrogen (secondary N) is 1. The molecule has 0 atom stereocenters. The maximum atomic E-state index is 5.50. The van der Waals surface area contributed by atoms with Gasteiger partial charge in [-0.25, -0.2) is 0 Å². The molecule has 0 saturated carbocycles. The van der Waals surface area contributed by atoms with Gasteiger partial charge in [0.2, 0.25) is 0 Å². The van der Waals surface area contributed by atoms with Gasteiger partial charge in [0.05, 0.1) is 0 Å². The first-order chi connectivity index (χ1) is 11.4. The Labute approximate surface area is 147 Å².